The van der Waals surface area contributed by atoms with Gasteiger partial charge < -0.3 is 4.74 Å². The van der Waals surface area contributed by atoms with E-state index in [1.165, 1.54) is 5.56 Å². The molecule has 1 aromatic carbocycles. The number of rotatable bonds is 6. The van der Waals surface area contributed by atoms with Crippen LogP contribution < -0.4 is 0 Å². The molecule has 0 heterocycles. The first-order chi connectivity index (χ1) is 10.0. The van der Waals surface area contributed by atoms with Gasteiger partial charge in [-0.1, -0.05) is 56.3 Å². The molecule has 112 valence electrons. The lowest BCUT2D eigenvalue weighted by molar-refractivity contribution is -0.147. The average molecular weight is 284 g/mol. The molecule has 2 rings (SSSR count). The van der Waals surface area contributed by atoms with Gasteiger partial charge in [-0.3, -0.25) is 4.79 Å². The van der Waals surface area contributed by atoms with Crippen LogP contribution in [0.4, 0.5) is 0 Å². The second kappa shape index (κ2) is 6.30. The first-order valence-corrected chi connectivity index (χ1v) is 7.49. The van der Waals surface area contributed by atoms with Crippen LogP contribution in [0.1, 0.15) is 31.9 Å². The van der Waals surface area contributed by atoms with Gasteiger partial charge in [-0.05, 0) is 35.8 Å². The molecule has 0 amide bonds. The quantitative estimate of drug-likeness (QED) is 0.575. The minimum atomic E-state index is -0.0849. The van der Waals surface area contributed by atoms with Gasteiger partial charge in [0.25, 0.3) is 0 Å². The first kappa shape index (κ1) is 15.6. The fraction of sp³-hybridized carbons (Fsp3) is 0.421. The molecule has 0 N–H and O–H groups in total. The Kier molecular flexibility index (Phi) is 4.66. The molecule has 1 aliphatic rings. The van der Waals surface area contributed by atoms with Crippen molar-refractivity contribution < 1.29 is 9.53 Å². The Hall–Kier alpha value is -1.83. The highest BCUT2D eigenvalue weighted by Gasteiger charge is 2.61. The smallest absolute Gasteiger partial charge is 0.310 e. The van der Waals surface area contributed by atoms with Gasteiger partial charge >= 0.3 is 5.97 Å². The van der Waals surface area contributed by atoms with Crippen LogP contribution in [0.2, 0.25) is 0 Å². The number of benzene rings is 1. The van der Waals surface area contributed by atoms with Crippen molar-refractivity contribution in [3.05, 3.63) is 60.2 Å². The van der Waals surface area contributed by atoms with Crippen molar-refractivity contribution in [1.29, 1.82) is 0 Å². The van der Waals surface area contributed by atoms with Crippen LogP contribution in [-0.2, 0) is 22.6 Å². The Morgan fingerprint density at radius 1 is 1.29 bits per heavy atom. The lowest BCUT2D eigenvalue weighted by atomic mass is 10.1. The molecular formula is C19H24O2. The number of carbonyl (C=O) groups excluding carboxylic acids is 1. The molecule has 2 nitrogen and oxygen atoms in total. The van der Waals surface area contributed by atoms with E-state index in [0.29, 0.717) is 12.5 Å². The average Bonchev–Trinajstić information content (AvgIpc) is 3.00. The van der Waals surface area contributed by atoms with Gasteiger partial charge in [0.15, 0.2) is 0 Å². The van der Waals surface area contributed by atoms with Crippen molar-refractivity contribution in [2.24, 2.45) is 17.3 Å². The van der Waals surface area contributed by atoms with E-state index < -0.39 is 0 Å². The zero-order valence-electron chi connectivity index (χ0n) is 13.1. The summed E-state index contributed by atoms with van der Waals surface area (Å²) in [7, 11) is 0. The third kappa shape index (κ3) is 3.44. The maximum Gasteiger partial charge on any atom is 0.310 e. The molecule has 2 atom stereocenters. The van der Waals surface area contributed by atoms with E-state index in [9.17, 15) is 4.79 Å². The summed E-state index contributed by atoms with van der Waals surface area (Å²) in [4.78, 5) is 12.2. The Morgan fingerprint density at radius 3 is 2.48 bits per heavy atom. The normalized spacial score (nSPS) is 23.0. The first-order valence-electron chi connectivity index (χ1n) is 7.49. The number of carbonyl (C=O) groups is 1. The van der Waals surface area contributed by atoms with Crippen LogP contribution in [0.15, 0.2) is 49.1 Å². The molecule has 2 heteroatoms. The van der Waals surface area contributed by atoms with Crippen LogP contribution in [-0.4, -0.2) is 5.97 Å². The number of hydrogen-bond donors (Lipinski definition) is 0. The van der Waals surface area contributed by atoms with Gasteiger partial charge in [0.05, 0.1) is 5.92 Å². The van der Waals surface area contributed by atoms with Gasteiger partial charge in [-0.25, -0.2) is 0 Å². The minimum absolute atomic E-state index is 0.00580. The molecule has 2 unspecified atom stereocenters. The minimum Gasteiger partial charge on any atom is -0.461 e. The van der Waals surface area contributed by atoms with Crippen molar-refractivity contribution in [2.45, 2.75) is 33.8 Å². The zero-order valence-corrected chi connectivity index (χ0v) is 13.1. The molecule has 1 fully saturated rings. The number of esters is 1. The maximum atomic E-state index is 12.2. The SMILES string of the molecule is C=CCc1ccc(COC(=O)C2C(/C=C/C)C2(C)C)cc1. The van der Waals surface area contributed by atoms with Crippen LogP contribution in [0, 0.1) is 17.3 Å². The van der Waals surface area contributed by atoms with Crippen LogP contribution in [0.3, 0.4) is 0 Å². The van der Waals surface area contributed by atoms with E-state index in [2.05, 4.69) is 38.6 Å². The molecule has 0 aliphatic heterocycles. The Labute approximate surface area is 127 Å². The summed E-state index contributed by atoms with van der Waals surface area (Å²) in [5.41, 5.74) is 2.27. The van der Waals surface area contributed by atoms with Crippen molar-refractivity contribution in [3.63, 3.8) is 0 Å². The number of allylic oxidation sites excluding steroid dienone is 3. The fourth-order valence-electron chi connectivity index (χ4n) is 2.88. The highest BCUT2D eigenvalue weighted by molar-refractivity contribution is 5.78. The summed E-state index contributed by atoms with van der Waals surface area (Å²) in [6.45, 7) is 10.3. The van der Waals surface area contributed by atoms with Gasteiger partial charge in [0.1, 0.15) is 6.61 Å². The summed E-state index contributed by atoms with van der Waals surface area (Å²) in [6.07, 6.45) is 6.86. The third-order valence-electron chi connectivity index (χ3n) is 4.35. The van der Waals surface area contributed by atoms with Crippen LogP contribution >= 0.6 is 0 Å². The molecule has 0 radical (unpaired) electrons. The van der Waals surface area contributed by atoms with Gasteiger partial charge in [-0.2, -0.15) is 0 Å². The Bertz CT molecular complexity index is 537. The van der Waals surface area contributed by atoms with E-state index >= 15 is 0 Å². The second-order valence-corrected chi connectivity index (χ2v) is 6.27. The van der Waals surface area contributed by atoms with E-state index in [1.807, 2.05) is 31.2 Å². The third-order valence-corrected chi connectivity index (χ3v) is 4.35. The lowest BCUT2D eigenvalue weighted by Crippen LogP contribution is -2.10. The largest absolute Gasteiger partial charge is 0.461 e. The van der Waals surface area contributed by atoms with E-state index in [-0.39, 0.29) is 17.3 Å². The van der Waals surface area contributed by atoms with Crippen LogP contribution in [0.5, 0.6) is 0 Å². The summed E-state index contributed by atoms with van der Waals surface area (Å²) in [5, 5.41) is 0. The van der Waals surface area contributed by atoms with Crippen molar-refractivity contribution >= 4 is 5.97 Å². The molecule has 0 spiro atoms. The molecule has 0 aromatic heterocycles. The topological polar surface area (TPSA) is 26.3 Å². The predicted molar refractivity (Wildman–Crippen MR) is 85.7 cm³/mol. The van der Waals surface area contributed by atoms with Gasteiger partial charge in [0.2, 0.25) is 0 Å². The van der Waals surface area contributed by atoms with E-state index in [0.717, 1.165) is 12.0 Å². The fourth-order valence-corrected chi connectivity index (χ4v) is 2.88. The van der Waals surface area contributed by atoms with Crippen molar-refractivity contribution in [3.8, 4) is 0 Å². The number of hydrogen-bond acceptors (Lipinski definition) is 2. The molecule has 21 heavy (non-hydrogen) atoms. The van der Waals surface area contributed by atoms with Gasteiger partial charge in [0, 0.05) is 0 Å². The number of ether oxygens (including phenoxy) is 1. The monoisotopic (exact) mass is 284 g/mol. The highest BCUT2D eigenvalue weighted by Crippen LogP contribution is 2.59. The van der Waals surface area contributed by atoms with E-state index in [1.54, 1.807) is 0 Å². The van der Waals surface area contributed by atoms with Crippen LogP contribution in [0.25, 0.3) is 0 Å². The maximum absolute atomic E-state index is 12.2. The summed E-state index contributed by atoms with van der Waals surface area (Å²) in [5.74, 6) is 0.219. The molecule has 0 saturated heterocycles. The lowest BCUT2D eigenvalue weighted by Gasteiger charge is -2.06. The summed E-state index contributed by atoms with van der Waals surface area (Å²) >= 11 is 0. The molecule has 1 aliphatic carbocycles. The second-order valence-electron chi connectivity index (χ2n) is 6.27. The molecule has 0 bridgehead atoms. The predicted octanol–water partition coefficient (Wildman–Crippen LogP) is 4.31. The van der Waals surface area contributed by atoms with Crippen molar-refractivity contribution in [1.82, 2.24) is 0 Å². The van der Waals surface area contributed by atoms with E-state index in [4.69, 9.17) is 4.74 Å². The zero-order chi connectivity index (χ0) is 15.5. The van der Waals surface area contributed by atoms with Crippen molar-refractivity contribution in [2.75, 3.05) is 0 Å². The Balaban J connectivity index is 1.88. The Morgan fingerprint density at radius 2 is 1.90 bits per heavy atom. The summed E-state index contributed by atoms with van der Waals surface area (Å²) in [6, 6.07) is 8.12. The molecule has 1 saturated carbocycles. The standard InChI is InChI=1S/C19H24O2/c1-5-7-14-9-11-15(12-10-14)13-21-18(20)17-16(8-6-2)19(17,3)4/h5-6,8-12,16-17H,1,7,13H2,2-4H3/b8-6+. The van der Waals surface area contributed by atoms with Gasteiger partial charge in [-0.15, -0.1) is 6.58 Å². The molecule has 1 aromatic rings. The molecular weight excluding hydrogens is 260 g/mol. The summed E-state index contributed by atoms with van der Waals surface area (Å²) < 4.78 is 5.47. The highest BCUT2D eigenvalue weighted by atomic mass is 16.5.